The van der Waals surface area contributed by atoms with E-state index in [0.717, 1.165) is 38.2 Å². The normalized spacial score (nSPS) is 16.9. The maximum absolute atomic E-state index is 5.35. The Kier molecular flexibility index (Phi) is 4.70. The SMILES string of the molecule is C#CCN1CCC(Nc2ccc(OC)cc2C)CC1. The second kappa shape index (κ2) is 6.49. The van der Waals surface area contributed by atoms with Crippen LogP contribution in [0, 0.1) is 19.3 Å². The van der Waals surface area contributed by atoms with E-state index in [1.165, 1.54) is 11.3 Å². The number of likely N-dealkylation sites (tertiary alicyclic amines) is 1. The van der Waals surface area contributed by atoms with E-state index in [2.05, 4.69) is 35.2 Å². The quantitative estimate of drug-likeness (QED) is 0.840. The number of aryl methyl sites for hydroxylation is 1. The highest BCUT2D eigenvalue weighted by Gasteiger charge is 2.18. The van der Waals surface area contributed by atoms with E-state index in [1.54, 1.807) is 7.11 Å². The number of hydrogen-bond donors (Lipinski definition) is 1. The van der Waals surface area contributed by atoms with Crippen LogP contribution in [0.1, 0.15) is 18.4 Å². The minimum absolute atomic E-state index is 0.543. The largest absolute Gasteiger partial charge is 0.497 e. The molecule has 102 valence electrons. The van der Waals surface area contributed by atoms with Crippen molar-refractivity contribution in [1.82, 2.24) is 4.90 Å². The van der Waals surface area contributed by atoms with Crippen LogP contribution in [0.2, 0.25) is 0 Å². The number of ether oxygens (including phenoxy) is 1. The average Bonchev–Trinajstić information content (AvgIpc) is 2.43. The van der Waals surface area contributed by atoms with Crippen molar-refractivity contribution in [3.05, 3.63) is 23.8 Å². The molecule has 0 saturated carbocycles. The first-order valence-electron chi connectivity index (χ1n) is 6.80. The Balaban J connectivity index is 1.91. The first-order chi connectivity index (χ1) is 9.22. The number of anilines is 1. The molecule has 0 bridgehead atoms. The first kappa shape index (κ1) is 13.8. The smallest absolute Gasteiger partial charge is 0.119 e. The first-order valence-corrected chi connectivity index (χ1v) is 6.80. The van der Waals surface area contributed by atoms with Gasteiger partial charge in [0.2, 0.25) is 0 Å². The van der Waals surface area contributed by atoms with E-state index < -0.39 is 0 Å². The molecular formula is C16H22N2O. The van der Waals surface area contributed by atoms with Gasteiger partial charge in [-0.1, -0.05) is 5.92 Å². The summed E-state index contributed by atoms with van der Waals surface area (Å²) < 4.78 is 5.23. The topological polar surface area (TPSA) is 24.5 Å². The van der Waals surface area contributed by atoms with Crippen molar-refractivity contribution in [1.29, 1.82) is 0 Å². The molecule has 0 unspecified atom stereocenters. The van der Waals surface area contributed by atoms with Crippen LogP contribution in [0.15, 0.2) is 18.2 Å². The lowest BCUT2D eigenvalue weighted by atomic mass is 10.0. The summed E-state index contributed by atoms with van der Waals surface area (Å²) in [6.07, 6.45) is 7.64. The van der Waals surface area contributed by atoms with Crippen molar-refractivity contribution >= 4 is 5.69 Å². The number of benzene rings is 1. The molecule has 0 aliphatic carbocycles. The number of nitrogens with zero attached hydrogens (tertiary/aromatic N) is 1. The van der Waals surface area contributed by atoms with Crippen LogP contribution in [-0.4, -0.2) is 37.7 Å². The zero-order valence-electron chi connectivity index (χ0n) is 11.8. The minimum atomic E-state index is 0.543. The van der Waals surface area contributed by atoms with Gasteiger partial charge in [-0.25, -0.2) is 0 Å². The number of methoxy groups -OCH3 is 1. The highest BCUT2D eigenvalue weighted by molar-refractivity contribution is 5.54. The molecule has 0 radical (unpaired) electrons. The van der Waals surface area contributed by atoms with Crippen LogP contribution in [0.5, 0.6) is 5.75 Å². The van der Waals surface area contributed by atoms with Crippen LogP contribution in [0.4, 0.5) is 5.69 Å². The molecule has 1 heterocycles. The highest BCUT2D eigenvalue weighted by Crippen LogP contribution is 2.23. The van der Waals surface area contributed by atoms with Crippen molar-refractivity contribution in [2.45, 2.75) is 25.8 Å². The summed E-state index contributed by atoms with van der Waals surface area (Å²) in [7, 11) is 1.70. The molecule has 1 aliphatic rings. The number of terminal acetylenes is 1. The standard InChI is InChI=1S/C16H22N2O/c1-4-9-18-10-7-14(8-11-18)17-16-6-5-15(19-3)12-13(16)2/h1,5-6,12,14,17H,7-11H2,2-3H3. The summed E-state index contributed by atoms with van der Waals surface area (Å²) in [6, 6.07) is 6.71. The van der Waals surface area contributed by atoms with Crippen molar-refractivity contribution in [3.8, 4) is 18.1 Å². The summed E-state index contributed by atoms with van der Waals surface area (Å²) >= 11 is 0. The van der Waals surface area contributed by atoms with Crippen molar-refractivity contribution in [2.75, 3.05) is 32.1 Å². The Morgan fingerprint density at radius 1 is 1.42 bits per heavy atom. The van der Waals surface area contributed by atoms with E-state index in [4.69, 9.17) is 11.2 Å². The van der Waals surface area contributed by atoms with Gasteiger partial charge in [0.05, 0.1) is 13.7 Å². The summed E-state index contributed by atoms with van der Waals surface area (Å²) in [5, 5.41) is 3.63. The molecule has 1 aromatic carbocycles. The van der Waals surface area contributed by atoms with Crippen molar-refractivity contribution < 1.29 is 4.74 Å². The molecule has 19 heavy (non-hydrogen) atoms. The Labute approximate surface area is 115 Å². The van der Waals surface area contributed by atoms with E-state index in [0.29, 0.717) is 6.04 Å². The fraction of sp³-hybridized carbons (Fsp3) is 0.500. The lowest BCUT2D eigenvalue weighted by Crippen LogP contribution is -2.39. The van der Waals surface area contributed by atoms with Crippen molar-refractivity contribution in [3.63, 3.8) is 0 Å². The van der Waals surface area contributed by atoms with Gasteiger partial charge in [-0.15, -0.1) is 6.42 Å². The van der Waals surface area contributed by atoms with Crippen LogP contribution < -0.4 is 10.1 Å². The maximum atomic E-state index is 5.35. The van der Waals surface area contributed by atoms with Gasteiger partial charge < -0.3 is 10.1 Å². The van der Waals surface area contributed by atoms with Crippen LogP contribution >= 0.6 is 0 Å². The number of hydrogen-bond acceptors (Lipinski definition) is 3. The van der Waals surface area contributed by atoms with E-state index in [9.17, 15) is 0 Å². The minimum Gasteiger partial charge on any atom is -0.497 e. The molecule has 1 aromatic rings. The van der Waals surface area contributed by atoms with Gasteiger partial charge in [0.25, 0.3) is 0 Å². The molecule has 1 fully saturated rings. The maximum Gasteiger partial charge on any atom is 0.119 e. The second-order valence-corrected chi connectivity index (χ2v) is 5.08. The molecule has 1 saturated heterocycles. The fourth-order valence-corrected chi connectivity index (χ4v) is 2.51. The molecule has 0 amide bonds. The van der Waals surface area contributed by atoms with E-state index in [-0.39, 0.29) is 0 Å². The lowest BCUT2D eigenvalue weighted by molar-refractivity contribution is 0.243. The molecule has 0 spiro atoms. The molecule has 1 N–H and O–H groups in total. The summed E-state index contributed by atoms with van der Waals surface area (Å²) in [6.45, 7) is 5.04. The predicted octanol–water partition coefficient (Wildman–Crippen LogP) is 2.51. The molecule has 3 heteroatoms. The molecule has 1 aliphatic heterocycles. The van der Waals surface area contributed by atoms with Crippen molar-refractivity contribution in [2.24, 2.45) is 0 Å². The molecule has 0 aromatic heterocycles. The molecule has 3 nitrogen and oxygen atoms in total. The Morgan fingerprint density at radius 3 is 2.74 bits per heavy atom. The highest BCUT2D eigenvalue weighted by atomic mass is 16.5. The van der Waals surface area contributed by atoms with E-state index >= 15 is 0 Å². The molecule has 0 atom stereocenters. The van der Waals surface area contributed by atoms with Crippen LogP contribution in [-0.2, 0) is 0 Å². The predicted molar refractivity (Wildman–Crippen MR) is 79.6 cm³/mol. The van der Waals surface area contributed by atoms with Gasteiger partial charge in [0.1, 0.15) is 5.75 Å². The number of nitrogens with one attached hydrogen (secondary N) is 1. The van der Waals surface area contributed by atoms with Crippen LogP contribution in [0.3, 0.4) is 0 Å². The van der Waals surface area contributed by atoms with E-state index in [1.807, 2.05) is 6.07 Å². The summed E-state index contributed by atoms with van der Waals surface area (Å²) in [5.41, 5.74) is 2.43. The van der Waals surface area contributed by atoms with Gasteiger partial charge in [0.15, 0.2) is 0 Å². The summed E-state index contributed by atoms with van der Waals surface area (Å²) in [5.74, 6) is 3.62. The molecular weight excluding hydrogens is 236 g/mol. The van der Waals surface area contributed by atoms with Crippen LogP contribution in [0.25, 0.3) is 0 Å². The summed E-state index contributed by atoms with van der Waals surface area (Å²) in [4.78, 5) is 2.33. The molecule has 2 rings (SSSR count). The second-order valence-electron chi connectivity index (χ2n) is 5.08. The lowest BCUT2D eigenvalue weighted by Gasteiger charge is -2.32. The zero-order chi connectivity index (χ0) is 13.7. The average molecular weight is 258 g/mol. The third-order valence-electron chi connectivity index (χ3n) is 3.70. The number of piperidine rings is 1. The Morgan fingerprint density at radius 2 is 2.16 bits per heavy atom. The van der Waals surface area contributed by atoms with Gasteiger partial charge in [-0.2, -0.15) is 0 Å². The Hall–Kier alpha value is -1.66. The van der Waals surface area contributed by atoms with Gasteiger partial charge >= 0.3 is 0 Å². The monoisotopic (exact) mass is 258 g/mol. The third-order valence-corrected chi connectivity index (χ3v) is 3.70. The van der Waals surface area contributed by atoms with Gasteiger partial charge in [-0.05, 0) is 43.5 Å². The zero-order valence-corrected chi connectivity index (χ0v) is 11.8. The fourth-order valence-electron chi connectivity index (χ4n) is 2.51. The van der Waals surface area contributed by atoms with Gasteiger partial charge in [0, 0.05) is 24.8 Å². The Bertz CT molecular complexity index is 456. The third kappa shape index (κ3) is 3.65. The number of rotatable bonds is 4. The van der Waals surface area contributed by atoms with Gasteiger partial charge in [-0.3, -0.25) is 4.90 Å².